The van der Waals surface area contributed by atoms with E-state index in [4.69, 9.17) is 14.1 Å². The number of rotatable bonds is 6. The van der Waals surface area contributed by atoms with Crippen molar-refractivity contribution in [3.05, 3.63) is 83.0 Å². The van der Waals surface area contributed by atoms with E-state index in [2.05, 4.69) is 0 Å². The van der Waals surface area contributed by atoms with Crippen LogP contribution in [0.2, 0.25) is 0 Å². The lowest BCUT2D eigenvalue weighted by molar-refractivity contribution is -0.123. The van der Waals surface area contributed by atoms with Crippen molar-refractivity contribution in [1.29, 1.82) is 0 Å². The van der Waals surface area contributed by atoms with Crippen molar-refractivity contribution in [1.82, 2.24) is 4.90 Å². The van der Waals surface area contributed by atoms with Gasteiger partial charge in [0.2, 0.25) is 0 Å². The van der Waals surface area contributed by atoms with Crippen LogP contribution in [0, 0.1) is 0 Å². The molecular weight excluding hydrogens is 484 g/mol. The van der Waals surface area contributed by atoms with Crippen LogP contribution in [0.3, 0.4) is 0 Å². The first-order chi connectivity index (χ1) is 18.1. The first kappa shape index (κ1) is 25.1. The molecule has 1 aliphatic heterocycles. The molecule has 0 spiro atoms. The molecule has 1 amide bonds. The topological polar surface area (TPSA) is 72.1 Å². The number of aliphatic imine (C=N–C) groups is 1. The maximum Gasteiger partial charge on any atom is 0.338 e. The number of carbonyl (C=O) groups is 2. The molecule has 2 aromatic carbocycles. The summed E-state index contributed by atoms with van der Waals surface area (Å²) in [5.74, 6) is 0.906. The van der Waals surface area contributed by atoms with Crippen LogP contribution in [0.1, 0.15) is 61.6 Å². The van der Waals surface area contributed by atoms with Gasteiger partial charge in [0.25, 0.3) is 5.91 Å². The van der Waals surface area contributed by atoms with Gasteiger partial charge in [-0.05, 0) is 67.9 Å². The Morgan fingerprint density at radius 3 is 2.46 bits per heavy atom. The van der Waals surface area contributed by atoms with E-state index in [9.17, 15) is 9.59 Å². The van der Waals surface area contributed by atoms with Crippen LogP contribution in [0.5, 0.6) is 0 Å². The maximum absolute atomic E-state index is 13.6. The van der Waals surface area contributed by atoms with Crippen molar-refractivity contribution >= 4 is 40.6 Å². The summed E-state index contributed by atoms with van der Waals surface area (Å²) in [6.07, 6.45) is 8.51. The fourth-order valence-electron chi connectivity index (χ4n) is 4.72. The minimum absolute atomic E-state index is 0.0108. The summed E-state index contributed by atoms with van der Waals surface area (Å²) in [6.45, 7) is 2.12. The number of benzene rings is 2. The Labute approximate surface area is 221 Å². The molecule has 2 heterocycles. The Morgan fingerprint density at radius 1 is 1.03 bits per heavy atom. The standard InChI is InChI=1S/C30H30N2O4S/c1-2-35-29(34)22-16-14-21(15-17-22)26-19-18-25(36-26)20-27-28(33)32(24-12-8-3-4-9-13-24)30(37-27)31-23-10-6-5-7-11-23/h5-7,10-11,14-20,24H,2-4,8-9,12-13H2,1H3. The molecule has 1 saturated heterocycles. The number of amidine groups is 1. The van der Waals surface area contributed by atoms with E-state index in [-0.39, 0.29) is 17.9 Å². The highest BCUT2D eigenvalue weighted by Crippen LogP contribution is 2.38. The number of para-hydroxylation sites is 1. The molecule has 6 nitrogen and oxygen atoms in total. The van der Waals surface area contributed by atoms with Gasteiger partial charge in [0.05, 0.1) is 22.8 Å². The highest BCUT2D eigenvalue weighted by Gasteiger charge is 2.38. The van der Waals surface area contributed by atoms with Crippen molar-refractivity contribution in [2.75, 3.05) is 6.61 Å². The van der Waals surface area contributed by atoms with Crippen molar-refractivity contribution in [2.45, 2.75) is 51.5 Å². The number of hydrogen-bond donors (Lipinski definition) is 0. The SMILES string of the molecule is CCOC(=O)c1ccc(-c2ccc(C=C3SC(=Nc4ccccc4)N(C4CCCCCC4)C3=O)o2)cc1. The molecule has 0 radical (unpaired) electrons. The van der Waals surface area contributed by atoms with E-state index in [1.54, 1.807) is 25.1 Å². The first-order valence-electron chi connectivity index (χ1n) is 12.9. The molecule has 0 N–H and O–H groups in total. The Hall–Kier alpha value is -3.58. The van der Waals surface area contributed by atoms with Gasteiger partial charge in [0.1, 0.15) is 11.5 Å². The normalized spacial score (nSPS) is 18.9. The van der Waals surface area contributed by atoms with Crippen molar-refractivity contribution in [3.8, 4) is 11.3 Å². The Morgan fingerprint density at radius 2 is 1.76 bits per heavy atom. The van der Waals surface area contributed by atoms with Gasteiger partial charge in [-0.25, -0.2) is 9.79 Å². The number of amides is 1. The fourth-order valence-corrected chi connectivity index (χ4v) is 5.75. The van der Waals surface area contributed by atoms with E-state index in [0.29, 0.717) is 28.6 Å². The predicted octanol–water partition coefficient (Wildman–Crippen LogP) is 7.45. The third kappa shape index (κ3) is 5.88. The molecule has 0 unspecified atom stereocenters. The lowest BCUT2D eigenvalue weighted by Crippen LogP contribution is -2.39. The zero-order chi connectivity index (χ0) is 25.6. The second-order valence-corrected chi connectivity index (χ2v) is 10.2. The third-order valence-corrected chi connectivity index (χ3v) is 7.57. The Bertz CT molecular complexity index is 1300. The smallest absolute Gasteiger partial charge is 0.338 e. The number of furan rings is 1. The summed E-state index contributed by atoms with van der Waals surface area (Å²) < 4.78 is 11.1. The molecule has 3 aromatic rings. The van der Waals surface area contributed by atoms with E-state index >= 15 is 0 Å². The van der Waals surface area contributed by atoms with Crippen molar-refractivity contribution in [3.63, 3.8) is 0 Å². The van der Waals surface area contributed by atoms with E-state index in [0.717, 1.165) is 42.1 Å². The van der Waals surface area contributed by atoms with Crippen LogP contribution >= 0.6 is 11.8 Å². The molecule has 2 fully saturated rings. The molecule has 7 heteroatoms. The Balaban J connectivity index is 1.40. The minimum atomic E-state index is -0.345. The van der Waals surface area contributed by atoms with Gasteiger partial charge in [-0.15, -0.1) is 0 Å². The van der Waals surface area contributed by atoms with Crippen LogP contribution in [-0.2, 0) is 9.53 Å². The number of thioether (sulfide) groups is 1. The van der Waals surface area contributed by atoms with Crippen molar-refractivity contribution in [2.24, 2.45) is 4.99 Å². The van der Waals surface area contributed by atoms with Gasteiger partial charge in [0, 0.05) is 17.7 Å². The second kappa shape index (κ2) is 11.6. The number of carbonyl (C=O) groups excluding carboxylic acids is 2. The number of hydrogen-bond acceptors (Lipinski definition) is 6. The highest BCUT2D eigenvalue weighted by atomic mass is 32.2. The molecular formula is C30H30N2O4S. The largest absolute Gasteiger partial charge is 0.462 e. The molecule has 2 aliphatic rings. The van der Waals surface area contributed by atoms with Crippen molar-refractivity contribution < 1.29 is 18.7 Å². The third-order valence-electron chi connectivity index (χ3n) is 6.59. The molecule has 1 saturated carbocycles. The van der Waals surface area contributed by atoms with Crippen LogP contribution in [0.4, 0.5) is 5.69 Å². The molecule has 5 rings (SSSR count). The van der Waals surface area contributed by atoms with Gasteiger partial charge in [-0.1, -0.05) is 56.0 Å². The first-order valence-corrected chi connectivity index (χ1v) is 13.7. The van der Waals surface area contributed by atoms with Gasteiger partial charge in [-0.2, -0.15) is 0 Å². The average Bonchev–Trinajstić information content (AvgIpc) is 3.39. The summed E-state index contributed by atoms with van der Waals surface area (Å²) in [6, 6.07) is 20.8. The minimum Gasteiger partial charge on any atom is -0.462 e. The van der Waals surface area contributed by atoms with Crippen LogP contribution in [0.15, 0.2) is 81.0 Å². The number of ether oxygens (including phenoxy) is 1. The molecule has 0 bridgehead atoms. The Kier molecular flexibility index (Phi) is 7.90. The number of esters is 1. The van der Waals surface area contributed by atoms with Gasteiger partial charge in [-0.3, -0.25) is 9.69 Å². The molecule has 0 atom stereocenters. The maximum atomic E-state index is 13.6. The zero-order valence-corrected chi connectivity index (χ0v) is 21.7. The van der Waals surface area contributed by atoms with Crippen LogP contribution in [0.25, 0.3) is 17.4 Å². The molecule has 37 heavy (non-hydrogen) atoms. The summed E-state index contributed by atoms with van der Waals surface area (Å²) in [5.41, 5.74) is 2.18. The lowest BCUT2D eigenvalue weighted by atomic mass is 10.1. The summed E-state index contributed by atoms with van der Waals surface area (Å²) in [5, 5.41) is 0.732. The van der Waals surface area contributed by atoms with E-state index < -0.39 is 0 Å². The predicted molar refractivity (Wildman–Crippen MR) is 148 cm³/mol. The molecule has 1 aromatic heterocycles. The zero-order valence-electron chi connectivity index (χ0n) is 20.9. The molecule has 190 valence electrons. The van der Waals surface area contributed by atoms with Crippen LogP contribution in [-0.4, -0.2) is 34.6 Å². The fraction of sp³-hybridized carbons (Fsp3) is 0.300. The monoisotopic (exact) mass is 514 g/mol. The average molecular weight is 515 g/mol. The van der Waals surface area contributed by atoms with E-state index in [1.165, 1.54) is 24.6 Å². The summed E-state index contributed by atoms with van der Waals surface area (Å²) in [4.78, 5) is 32.9. The van der Waals surface area contributed by atoms with Gasteiger partial charge >= 0.3 is 5.97 Å². The molecule has 1 aliphatic carbocycles. The van der Waals surface area contributed by atoms with Gasteiger partial charge in [0.15, 0.2) is 5.17 Å². The van der Waals surface area contributed by atoms with E-state index in [1.807, 2.05) is 59.5 Å². The highest BCUT2D eigenvalue weighted by molar-refractivity contribution is 8.18. The summed E-state index contributed by atoms with van der Waals surface area (Å²) in [7, 11) is 0. The van der Waals surface area contributed by atoms with Crippen LogP contribution < -0.4 is 0 Å². The summed E-state index contributed by atoms with van der Waals surface area (Å²) >= 11 is 1.41. The second-order valence-electron chi connectivity index (χ2n) is 9.16. The van der Waals surface area contributed by atoms with Gasteiger partial charge < -0.3 is 9.15 Å². The quantitative estimate of drug-likeness (QED) is 0.194. The number of nitrogens with zero attached hydrogens (tertiary/aromatic N) is 2. The lowest BCUT2D eigenvalue weighted by Gasteiger charge is -2.26.